The molecule has 0 aliphatic heterocycles. The zero-order valence-electron chi connectivity index (χ0n) is 15.8. The van der Waals surface area contributed by atoms with Crippen molar-refractivity contribution in [3.05, 3.63) is 77.9 Å². The minimum atomic E-state index is -3.65. The molecule has 3 aromatic carbocycles. The summed E-state index contributed by atoms with van der Waals surface area (Å²) in [5.74, 6) is -0.171. The monoisotopic (exact) mass is 396 g/mol. The molecule has 0 radical (unpaired) electrons. The van der Waals surface area contributed by atoms with Crippen molar-refractivity contribution in [2.24, 2.45) is 0 Å². The first-order chi connectivity index (χ1) is 13.5. The molecule has 0 fully saturated rings. The number of aryl methyl sites for hydroxylation is 1. The third-order valence-electron chi connectivity index (χ3n) is 4.65. The zero-order valence-corrected chi connectivity index (χ0v) is 16.6. The van der Waals surface area contributed by atoms with E-state index in [1.54, 1.807) is 18.2 Å². The molecule has 2 N–H and O–H groups in total. The molecule has 146 valence electrons. The average Bonchev–Trinajstić information content (AvgIpc) is 2.69. The standard InChI is InChI=1S/C22H24N2O3S/c1-17-6-2-3-7-18(17)12-14-23-22(25)13-15-24-28(26,27)21-11-10-19-8-4-5-9-20(19)16-21/h2-11,16,24H,12-15H2,1H3,(H,23,25). The average molecular weight is 397 g/mol. The Morgan fingerprint density at radius 2 is 1.61 bits per heavy atom. The van der Waals surface area contributed by atoms with Crippen molar-refractivity contribution in [2.75, 3.05) is 13.1 Å². The number of hydrogen-bond acceptors (Lipinski definition) is 3. The highest BCUT2D eigenvalue weighted by Gasteiger charge is 2.14. The summed E-state index contributed by atoms with van der Waals surface area (Å²) in [6.45, 7) is 2.63. The van der Waals surface area contributed by atoms with Crippen LogP contribution in [0, 0.1) is 6.92 Å². The lowest BCUT2D eigenvalue weighted by Gasteiger charge is -2.09. The Morgan fingerprint density at radius 3 is 2.39 bits per heavy atom. The summed E-state index contributed by atoms with van der Waals surface area (Å²) in [6, 6.07) is 20.6. The van der Waals surface area contributed by atoms with Gasteiger partial charge < -0.3 is 5.32 Å². The molecule has 0 atom stereocenters. The molecule has 1 amide bonds. The predicted octanol–water partition coefficient (Wildman–Crippen LogP) is 3.18. The Morgan fingerprint density at radius 1 is 0.893 bits per heavy atom. The second kappa shape index (κ2) is 8.99. The minimum absolute atomic E-state index is 0.0609. The van der Waals surface area contributed by atoms with E-state index in [-0.39, 0.29) is 23.8 Å². The van der Waals surface area contributed by atoms with Crippen LogP contribution in [0.2, 0.25) is 0 Å². The smallest absolute Gasteiger partial charge is 0.240 e. The SMILES string of the molecule is Cc1ccccc1CCNC(=O)CCNS(=O)(=O)c1ccc2ccccc2c1. The summed E-state index contributed by atoms with van der Waals surface area (Å²) in [6.07, 6.45) is 0.849. The number of carbonyl (C=O) groups is 1. The highest BCUT2D eigenvalue weighted by Crippen LogP contribution is 2.18. The van der Waals surface area contributed by atoms with Gasteiger partial charge in [-0.15, -0.1) is 0 Å². The van der Waals surface area contributed by atoms with Gasteiger partial charge in [0.05, 0.1) is 4.90 Å². The van der Waals surface area contributed by atoms with Gasteiger partial charge >= 0.3 is 0 Å². The van der Waals surface area contributed by atoms with E-state index >= 15 is 0 Å². The number of nitrogens with one attached hydrogen (secondary N) is 2. The lowest BCUT2D eigenvalue weighted by Crippen LogP contribution is -2.31. The van der Waals surface area contributed by atoms with Crippen LogP contribution in [0.1, 0.15) is 17.5 Å². The fourth-order valence-electron chi connectivity index (χ4n) is 3.03. The van der Waals surface area contributed by atoms with Crippen molar-refractivity contribution in [2.45, 2.75) is 24.7 Å². The Kier molecular flexibility index (Phi) is 6.44. The molecule has 28 heavy (non-hydrogen) atoms. The van der Waals surface area contributed by atoms with Crippen molar-refractivity contribution in [3.63, 3.8) is 0 Å². The molecule has 0 aliphatic carbocycles. The van der Waals surface area contributed by atoms with Crippen LogP contribution in [0.25, 0.3) is 10.8 Å². The second-order valence-electron chi connectivity index (χ2n) is 6.68. The van der Waals surface area contributed by atoms with Crippen LogP contribution in [0.5, 0.6) is 0 Å². The van der Waals surface area contributed by atoms with Crippen LogP contribution in [-0.4, -0.2) is 27.4 Å². The third kappa shape index (κ3) is 5.18. The molecule has 0 saturated carbocycles. The van der Waals surface area contributed by atoms with Crippen LogP contribution < -0.4 is 10.0 Å². The minimum Gasteiger partial charge on any atom is -0.356 e. The largest absolute Gasteiger partial charge is 0.356 e. The van der Waals surface area contributed by atoms with Gasteiger partial charge in [0.25, 0.3) is 0 Å². The molecular formula is C22H24N2O3S. The molecule has 0 spiro atoms. The quantitative estimate of drug-likeness (QED) is 0.614. The van der Waals surface area contributed by atoms with E-state index in [4.69, 9.17) is 0 Å². The molecule has 0 saturated heterocycles. The van der Waals surface area contributed by atoms with E-state index in [1.807, 2.05) is 55.5 Å². The summed E-state index contributed by atoms with van der Waals surface area (Å²) >= 11 is 0. The molecule has 5 nitrogen and oxygen atoms in total. The van der Waals surface area contributed by atoms with Crippen molar-refractivity contribution in [1.29, 1.82) is 0 Å². The van der Waals surface area contributed by atoms with E-state index < -0.39 is 10.0 Å². The summed E-state index contributed by atoms with van der Waals surface area (Å²) in [5, 5.41) is 4.68. The van der Waals surface area contributed by atoms with Gasteiger partial charge in [-0.05, 0) is 47.4 Å². The molecule has 0 heterocycles. The van der Waals surface area contributed by atoms with Crippen molar-refractivity contribution < 1.29 is 13.2 Å². The van der Waals surface area contributed by atoms with Gasteiger partial charge in [-0.2, -0.15) is 0 Å². The molecule has 0 bridgehead atoms. The highest BCUT2D eigenvalue weighted by molar-refractivity contribution is 7.89. The Balaban J connectivity index is 1.47. The summed E-state index contributed by atoms with van der Waals surface area (Å²) in [4.78, 5) is 12.2. The number of fused-ring (bicyclic) bond motifs is 1. The maximum absolute atomic E-state index is 12.5. The molecule has 3 aromatic rings. The topological polar surface area (TPSA) is 75.3 Å². The van der Waals surface area contributed by atoms with Crippen molar-refractivity contribution >= 4 is 26.7 Å². The first-order valence-electron chi connectivity index (χ1n) is 9.25. The summed E-state index contributed by atoms with van der Waals surface area (Å²) < 4.78 is 27.4. The molecule has 3 rings (SSSR count). The van der Waals surface area contributed by atoms with E-state index in [9.17, 15) is 13.2 Å². The van der Waals surface area contributed by atoms with Gasteiger partial charge in [0, 0.05) is 19.5 Å². The van der Waals surface area contributed by atoms with Crippen LogP contribution in [0.3, 0.4) is 0 Å². The van der Waals surface area contributed by atoms with Gasteiger partial charge in [0.1, 0.15) is 0 Å². The fraction of sp³-hybridized carbons (Fsp3) is 0.227. The van der Waals surface area contributed by atoms with E-state index in [2.05, 4.69) is 10.0 Å². The zero-order chi connectivity index (χ0) is 20.0. The van der Waals surface area contributed by atoms with E-state index in [0.717, 1.165) is 17.2 Å². The Labute approximate surface area is 165 Å². The first kappa shape index (κ1) is 20.0. The number of benzene rings is 3. The number of hydrogen-bond donors (Lipinski definition) is 2. The predicted molar refractivity (Wildman–Crippen MR) is 112 cm³/mol. The third-order valence-corrected chi connectivity index (χ3v) is 6.11. The maximum atomic E-state index is 12.5. The van der Waals surface area contributed by atoms with E-state index in [1.165, 1.54) is 11.1 Å². The van der Waals surface area contributed by atoms with Crippen molar-refractivity contribution in [3.8, 4) is 0 Å². The Bertz CT molecular complexity index is 1080. The van der Waals surface area contributed by atoms with Gasteiger partial charge in [0.15, 0.2) is 0 Å². The maximum Gasteiger partial charge on any atom is 0.240 e. The summed E-state index contributed by atoms with van der Waals surface area (Å²) in [5.41, 5.74) is 2.39. The molecule has 0 unspecified atom stereocenters. The first-order valence-corrected chi connectivity index (χ1v) is 10.7. The lowest BCUT2D eigenvalue weighted by atomic mass is 10.1. The van der Waals surface area contributed by atoms with Gasteiger partial charge in [0.2, 0.25) is 15.9 Å². The highest BCUT2D eigenvalue weighted by atomic mass is 32.2. The molecular weight excluding hydrogens is 372 g/mol. The number of sulfonamides is 1. The van der Waals surface area contributed by atoms with Crippen LogP contribution in [0.4, 0.5) is 0 Å². The molecule has 6 heteroatoms. The van der Waals surface area contributed by atoms with Gasteiger partial charge in [-0.25, -0.2) is 13.1 Å². The molecule has 0 aromatic heterocycles. The molecule has 0 aliphatic rings. The van der Waals surface area contributed by atoms with Crippen LogP contribution in [0.15, 0.2) is 71.6 Å². The number of amides is 1. The number of carbonyl (C=O) groups excluding carboxylic acids is 1. The van der Waals surface area contributed by atoms with Crippen LogP contribution in [-0.2, 0) is 21.2 Å². The van der Waals surface area contributed by atoms with Crippen molar-refractivity contribution in [1.82, 2.24) is 10.0 Å². The van der Waals surface area contributed by atoms with Gasteiger partial charge in [-0.3, -0.25) is 4.79 Å². The van der Waals surface area contributed by atoms with E-state index in [0.29, 0.717) is 6.54 Å². The second-order valence-corrected chi connectivity index (χ2v) is 8.45. The normalized spacial score (nSPS) is 11.5. The Hall–Kier alpha value is -2.70. The van der Waals surface area contributed by atoms with Gasteiger partial charge in [-0.1, -0.05) is 54.6 Å². The lowest BCUT2D eigenvalue weighted by molar-refractivity contribution is -0.120. The number of rotatable bonds is 8. The summed E-state index contributed by atoms with van der Waals surface area (Å²) in [7, 11) is -3.65. The fourth-order valence-corrected chi connectivity index (χ4v) is 4.10. The van der Waals surface area contributed by atoms with Crippen LogP contribution >= 0.6 is 0 Å².